The number of carbonyl (C=O) groups excluding carboxylic acids is 2. The van der Waals surface area contributed by atoms with E-state index in [4.69, 9.17) is 0 Å². The van der Waals surface area contributed by atoms with E-state index >= 15 is 0 Å². The van der Waals surface area contributed by atoms with Crippen molar-refractivity contribution in [3.63, 3.8) is 0 Å². The van der Waals surface area contributed by atoms with Crippen LogP contribution < -0.4 is 10.6 Å². The van der Waals surface area contributed by atoms with E-state index < -0.39 is 6.04 Å². The molecule has 0 bridgehead atoms. The minimum atomic E-state index is -0.654. The van der Waals surface area contributed by atoms with Crippen molar-refractivity contribution in [2.45, 2.75) is 26.8 Å². The van der Waals surface area contributed by atoms with E-state index in [0.29, 0.717) is 11.4 Å². The van der Waals surface area contributed by atoms with Gasteiger partial charge in [-0.15, -0.1) is 5.10 Å². The van der Waals surface area contributed by atoms with Gasteiger partial charge in [0, 0.05) is 12.6 Å². The smallest absolute Gasteiger partial charge is 0.251 e. The van der Waals surface area contributed by atoms with Gasteiger partial charge in [0.1, 0.15) is 6.04 Å². The highest BCUT2D eigenvalue weighted by molar-refractivity contribution is 6.00. The van der Waals surface area contributed by atoms with Gasteiger partial charge >= 0.3 is 0 Å². The molecule has 0 saturated heterocycles. The van der Waals surface area contributed by atoms with Crippen LogP contribution in [-0.2, 0) is 11.8 Å². The monoisotopic (exact) mass is 315 g/mol. The Hall–Kier alpha value is -2.70. The quantitative estimate of drug-likeness (QED) is 0.875. The largest absolute Gasteiger partial charge is 0.340 e. The number of hydrogen-bond acceptors (Lipinski definition) is 4. The van der Waals surface area contributed by atoms with Gasteiger partial charge in [-0.2, -0.15) is 0 Å². The van der Waals surface area contributed by atoms with E-state index in [0.717, 1.165) is 5.56 Å². The highest BCUT2D eigenvalue weighted by Gasteiger charge is 2.25. The summed E-state index contributed by atoms with van der Waals surface area (Å²) in [5.74, 6) is -0.163. The van der Waals surface area contributed by atoms with Gasteiger partial charge in [0.2, 0.25) is 5.91 Å². The molecule has 0 saturated carbocycles. The number of benzene rings is 1. The summed E-state index contributed by atoms with van der Waals surface area (Å²) in [6.07, 6.45) is 1.46. The number of aryl methyl sites for hydroxylation is 2. The van der Waals surface area contributed by atoms with Crippen molar-refractivity contribution in [2.24, 2.45) is 13.0 Å². The van der Waals surface area contributed by atoms with Crippen LogP contribution in [0, 0.1) is 12.8 Å². The minimum absolute atomic E-state index is 0.0643. The molecule has 0 aliphatic rings. The fourth-order valence-corrected chi connectivity index (χ4v) is 2.07. The molecule has 0 spiro atoms. The van der Waals surface area contributed by atoms with E-state index in [1.165, 1.54) is 10.9 Å². The SMILES string of the molecule is Cc1ccc(C(=O)NC(C(=O)Nc2cnnn2C)C(C)C)cc1. The number of nitrogens with one attached hydrogen (secondary N) is 2. The first-order valence-electron chi connectivity index (χ1n) is 7.41. The average molecular weight is 315 g/mol. The number of amides is 2. The van der Waals surface area contributed by atoms with Crippen molar-refractivity contribution in [3.8, 4) is 0 Å². The Morgan fingerprint density at radius 3 is 2.35 bits per heavy atom. The van der Waals surface area contributed by atoms with E-state index in [-0.39, 0.29) is 17.7 Å². The zero-order valence-electron chi connectivity index (χ0n) is 13.7. The van der Waals surface area contributed by atoms with Gasteiger partial charge in [0.05, 0.1) is 6.20 Å². The highest BCUT2D eigenvalue weighted by atomic mass is 16.2. The lowest BCUT2D eigenvalue weighted by Crippen LogP contribution is -2.47. The predicted molar refractivity (Wildman–Crippen MR) is 86.9 cm³/mol. The van der Waals surface area contributed by atoms with Crippen LogP contribution in [0.3, 0.4) is 0 Å². The number of rotatable bonds is 5. The molecule has 1 unspecified atom stereocenters. The van der Waals surface area contributed by atoms with E-state index in [2.05, 4.69) is 20.9 Å². The molecule has 1 aromatic carbocycles. The molecule has 1 atom stereocenters. The third kappa shape index (κ3) is 4.15. The Morgan fingerprint density at radius 1 is 1.17 bits per heavy atom. The van der Waals surface area contributed by atoms with Crippen molar-refractivity contribution in [2.75, 3.05) is 5.32 Å². The zero-order valence-corrected chi connectivity index (χ0v) is 13.7. The third-order valence-electron chi connectivity index (χ3n) is 3.52. The van der Waals surface area contributed by atoms with Gasteiger partial charge in [0.15, 0.2) is 5.82 Å². The first-order chi connectivity index (χ1) is 10.9. The second-order valence-corrected chi connectivity index (χ2v) is 5.79. The molecule has 122 valence electrons. The lowest BCUT2D eigenvalue weighted by molar-refractivity contribution is -0.118. The molecular weight excluding hydrogens is 294 g/mol. The minimum Gasteiger partial charge on any atom is -0.340 e. The molecule has 0 aliphatic carbocycles. The Labute approximate surface area is 135 Å². The predicted octanol–water partition coefficient (Wildman–Crippen LogP) is 1.52. The standard InChI is InChI=1S/C16H21N5O2/c1-10(2)14(16(23)18-13-9-17-20-21(13)4)19-15(22)12-7-5-11(3)6-8-12/h5-10,14H,1-4H3,(H,18,23)(H,19,22). The fourth-order valence-electron chi connectivity index (χ4n) is 2.07. The van der Waals surface area contributed by atoms with Crippen molar-refractivity contribution < 1.29 is 9.59 Å². The lowest BCUT2D eigenvalue weighted by Gasteiger charge is -2.21. The highest BCUT2D eigenvalue weighted by Crippen LogP contribution is 2.09. The maximum atomic E-state index is 12.4. The van der Waals surface area contributed by atoms with Gasteiger partial charge < -0.3 is 10.6 Å². The van der Waals surface area contributed by atoms with Crippen LogP contribution in [0.2, 0.25) is 0 Å². The maximum Gasteiger partial charge on any atom is 0.251 e. The molecule has 0 radical (unpaired) electrons. The molecule has 1 aromatic heterocycles. The number of hydrogen-bond donors (Lipinski definition) is 2. The maximum absolute atomic E-state index is 12.4. The third-order valence-corrected chi connectivity index (χ3v) is 3.52. The Bertz CT molecular complexity index is 691. The summed E-state index contributed by atoms with van der Waals surface area (Å²) in [7, 11) is 1.68. The molecule has 23 heavy (non-hydrogen) atoms. The summed E-state index contributed by atoms with van der Waals surface area (Å²) in [6, 6.07) is 6.55. The second kappa shape index (κ2) is 7.04. The Balaban J connectivity index is 2.09. The lowest BCUT2D eigenvalue weighted by atomic mass is 10.0. The number of carbonyl (C=O) groups is 2. The first-order valence-corrected chi connectivity index (χ1v) is 7.41. The van der Waals surface area contributed by atoms with Gasteiger partial charge in [-0.3, -0.25) is 9.59 Å². The van der Waals surface area contributed by atoms with Gasteiger partial charge in [-0.25, -0.2) is 4.68 Å². The normalized spacial score (nSPS) is 12.0. The number of aromatic nitrogens is 3. The van der Waals surface area contributed by atoms with Gasteiger partial charge in [0.25, 0.3) is 5.91 Å². The van der Waals surface area contributed by atoms with Crippen LogP contribution >= 0.6 is 0 Å². The number of nitrogens with zero attached hydrogens (tertiary/aromatic N) is 3. The van der Waals surface area contributed by atoms with Crippen LogP contribution in [0.4, 0.5) is 5.82 Å². The Morgan fingerprint density at radius 2 is 1.83 bits per heavy atom. The molecule has 2 aromatic rings. The van der Waals surface area contributed by atoms with Crippen molar-refractivity contribution in [1.29, 1.82) is 0 Å². The van der Waals surface area contributed by atoms with Crippen molar-refractivity contribution in [1.82, 2.24) is 20.3 Å². The molecule has 0 aliphatic heterocycles. The average Bonchev–Trinajstić information content (AvgIpc) is 2.90. The summed E-state index contributed by atoms with van der Waals surface area (Å²) >= 11 is 0. The molecular formula is C16H21N5O2. The second-order valence-electron chi connectivity index (χ2n) is 5.79. The summed E-state index contributed by atoms with van der Waals surface area (Å²) in [5.41, 5.74) is 1.60. The van der Waals surface area contributed by atoms with E-state index in [1.807, 2.05) is 32.9 Å². The zero-order chi connectivity index (χ0) is 17.0. The van der Waals surface area contributed by atoms with Crippen LogP contribution in [0.25, 0.3) is 0 Å². The van der Waals surface area contributed by atoms with Crippen LogP contribution in [-0.4, -0.2) is 32.9 Å². The molecule has 1 heterocycles. The molecule has 2 N–H and O–H groups in total. The molecule has 7 heteroatoms. The van der Waals surface area contributed by atoms with E-state index in [1.54, 1.807) is 19.2 Å². The Kier molecular flexibility index (Phi) is 5.10. The van der Waals surface area contributed by atoms with Crippen LogP contribution in [0.5, 0.6) is 0 Å². The van der Waals surface area contributed by atoms with Gasteiger partial charge in [-0.05, 0) is 25.0 Å². The van der Waals surface area contributed by atoms with Crippen LogP contribution in [0.1, 0.15) is 29.8 Å². The van der Waals surface area contributed by atoms with Crippen molar-refractivity contribution >= 4 is 17.6 Å². The summed E-state index contributed by atoms with van der Waals surface area (Å²) in [4.78, 5) is 24.8. The summed E-state index contributed by atoms with van der Waals surface area (Å²) in [6.45, 7) is 5.70. The molecule has 2 amide bonds. The number of anilines is 1. The molecule has 2 rings (SSSR count). The topological polar surface area (TPSA) is 88.9 Å². The van der Waals surface area contributed by atoms with Crippen LogP contribution in [0.15, 0.2) is 30.5 Å². The fraction of sp³-hybridized carbons (Fsp3) is 0.375. The summed E-state index contributed by atoms with van der Waals surface area (Å²) in [5, 5.41) is 13.0. The first kappa shape index (κ1) is 16.7. The van der Waals surface area contributed by atoms with E-state index in [9.17, 15) is 9.59 Å². The van der Waals surface area contributed by atoms with Crippen molar-refractivity contribution in [3.05, 3.63) is 41.6 Å². The van der Waals surface area contributed by atoms with Gasteiger partial charge in [-0.1, -0.05) is 36.8 Å². The molecule has 0 fully saturated rings. The molecule has 7 nitrogen and oxygen atoms in total. The summed E-state index contributed by atoms with van der Waals surface area (Å²) < 4.78 is 1.46.